The molecule has 3 aromatic carbocycles. The van der Waals surface area contributed by atoms with Crippen LogP contribution in [0.4, 0.5) is 0 Å². The Kier molecular flexibility index (Phi) is 6.14. The molecule has 1 N–H and O–H groups in total. The number of fused-ring (bicyclic) bond motifs is 3. The van der Waals surface area contributed by atoms with E-state index in [1.807, 2.05) is 71.4 Å². The van der Waals surface area contributed by atoms with Crippen LogP contribution in [0.2, 0.25) is 0 Å². The Balaban J connectivity index is 1.46. The van der Waals surface area contributed by atoms with Gasteiger partial charge in [0.15, 0.2) is 17.2 Å². The van der Waals surface area contributed by atoms with E-state index >= 15 is 0 Å². The van der Waals surface area contributed by atoms with E-state index in [-0.39, 0.29) is 5.91 Å². The fourth-order valence-corrected chi connectivity index (χ4v) is 4.51. The molecule has 1 aromatic heterocycles. The minimum atomic E-state index is -0.184. The van der Waals surface area contributed by atoms with Crippen molar-refractivity contribution in [3.05, 3.63) is 89.1 Å². The third-order valence-corrected chi connectivity index (χ3v) is 6.29. The highest BCUT2D eigenvalue weighted by Crippen LogP contribution is 2.44. The Morgan fingerprint density at radius 1 is 0.943 bits per heavy atom. The van der Waals surface area contributed by atoms with Crippen molar-refractivity contribution < 1.29 is 19.0 Å². The predicted octanol–water partition coefficient (Wildman–Crippen LogP) is 4.44. The summed E-state index contributed by atoms with van der Waals surface area (Å²) in [6, 6.07) is 21.6. The maximum absolute atomic E-state index is 13.3. The number of para-hydroxylation sites is 1. The summed E-state index contributed by atoms with van der Waals surface area (Å²) in [5.41, 5.74) is 6.33. The molecule has 4 aromatic rings. The van der Waals surface area contributed by atoms with E-state index in [9.17, 15) is 4.79 Å². The second-order valence-corrected chi connectivity index (χ2v) is 8.32. The normalized spacial score (nSPS) is 11.5. The number of hydrogen-bond donors (Lipinski definition) is 1. The van der Waals surface area contributed by atoms with Gasteiger partial charge < -0.3 is 19.5 Å². The molecule has 7 heteroatoms. The first-order chi connectivity index (χ1) is 17.1. The lowest BCUT2D eigenvalue weighted by Crippen LogP contribution is -2.27. The fourth-order valence-electron chi connectivity index (χ4n) is 4.51. The Hall–Kier alpha value is -4.26. The molecule has 0 spiro atoms. The lowest BCUT2D eigenvalue weighted by atomic mass is 10.1. The molecule has 5 rings (SSSR count). The predicted molar refractivity (Wildman–Crippen MR) is 134 cm³/mol. The quantitative estimate of drug-likeness (QED) is 0.364. The molecule has 0 bridgehead atoms. The first kappa shape index (κ1) is 22.5. The van der Waals surface area contributed by atoms with Crippen LogP contribution in [0.15, 0.2) is 66.7 Å². The molecule has 0 saturated carbocycles. The van der Waals surface area contributed by atoms with Gasteiger partial charge in [0.25, 0.3) is 5.91 Å². The van der Waals surface area contributed by atoms with Crippen molar-refractivity contribution in [2.24, 2.45) is 0 Å². The molecule has 0 saturated heterocycles. The van der Waals surface area contributed by atoms with E-state index < -0.39 is 0 Å². The van der Waals surface area contributed by atoms with Crippen molar-refractivity contribution >= 4 is 5.91 Å². The van der Waals surface area contributed by atoms with E-state index in [1.165, 1.54) is 0 Å². The van der Waals surface area contributed by atoms with Crippen molar-refractivity contribution in [1.82, 2.24) is 15.1 Å². The van der Waals surface area contributed by atoms with Crippen LogP contribution >= 0.6 is 0 Å². The van der Waals surface area contributed by atoms with Gasteiger partial charge in [-0.05, 0) is 53.9 Å². The summed E-state index contributed by atoms with van der Waals surface area (Å²) in [6.07, 6.45) is 1.31. The van der Waals surface area contributed by atoms with Crippen molar-refractivity contribution in [1.29, 1.82) is 0 Å². The maximum atomic E-state index is 13.3. The third-order valence-electron chi connectivity index (χ3n) is 6.29. The van der Waals surface area contributed by atoms with E-state index in [0.717, 1.165) is 39.4 Å². The summed E-state index contributed by atoms with van der Waals surface area (Å²) in [7, 11) is 4.89. The van der Waals surface area contributed by atoms with Crippen LogP contribution in [0.25, 0.3) is 16.9 Å². The molecule has 1 aliphatic rings. The molecule has 0 atom stereocenters. The summed E-state index contributed by atoms with van der Waals surface area (Å²) in [4.78, 5) is 13.3. The van der Waals surface area contributed by atoms with Crippen LogP contribution in [0.5, 0.6) is 17.2 Å². The highest BCUT2D eigenvalue weighted by atomic mass is 16.5. The Morgan fingerprint density at radius 2 is 1.66 bits per heavy atom. The summed E-state index contributed by atoms with van der Waals surface area (Å²) in [5, 5.41) is 7.81. The highest BCUT2D eigenvalue weighted by molar-refractivity contribution is 5.97. The number of methoxy groups -OCH3 is 3. The lowest BCUT2D eigenvalue weighted by molar-refractivity contribution is 0.0948. The number of nitrogens with zero attached hydrogens (tertiary/aromatic N) is 2. The van der Waals surface area contributed by atoms with Gasteiger partial charge in [0.2, 0.25) is 0 Å². The van der Waals surface area contributed by atoms with Crippen LogP contribution in [0.3, 0.4) is 0 Å². The number of hydrogen-bond acceptors (Lipinski definition) is 5. The molecular formula is C28H27N3O4. The maximum Gasteiger partial charge on any atom is 0.272 e. The molecule has 0 radical (unpaired) electrons. The number of carbonyl (C=O) groups is 1. The van der Waals surface area contributed by atoms with Gasteiger partial charge in [-0.1, -0.05) is 30.3 Å². The number of carbonyl (C=O) groups excluding carboxylic acids is 1. The molecule has 178 valence electrons. The molecule has 0 fully saturated rings. The third kappa shape index (κ3) is 4.21. The summed E-state index contributed by atoms with van der Waals surface area (Å²) < 4.78 is 18.1. The number of amides is 1. The molecular weight excluding hydrogens is 442 g/mol. The smallest absolute Gasteiger partial charge is 0.272 e. The fraction of sp³-hybridized carbons (Fsp3) is 0.214. The van der Waals surface area contributed by atoms with Crippen LogP contribution < -0.4 is 19.5 Å². The van der Waals surface area contributed by atoms with Gasteiger partial charge in [-0.25, -0.2) is 4.68 Å². The largest absolute Gasteiger partial charge is 0.497 e. The van der Waals surface area contributed by atoms with E-state index in [0.29, 0.717) is 36.6 Å². The minimum absolute atomic E-state index is 0.184. The monoisotopic (exact) mass is 469 g/mol. The second kappa shape index (κ2) is 9.54. The van der Waals surface area contributed by atoms with Crippen LogP contribution in [0.1, 0.15) is 27.2 Å². The standard InChI is InChI=1S/C28H27N3O4/c1-33-21-11-9-18(10-12-21)13-14-29-28(32)26-23-15-19-16-24(34-2)25(35-3)17-22(19)27(23)31(30-26)20-7-5-4-6-8-20/h4-12,16-17H,13-15H2,1-3H3,(H,29,32). The lowest BCUT2D eigenvalue weighted by Gasteiger charge is -2.12. The van der Waals surface area contributed by atoms with Crippen LogP contribution in [-0.4, -0.2) is 43.6 Å². The van der Waals surface area contributed by atoms with Crippen LogP contribution in [0, 0.1) is 0 Å². The van der Waals surface area contributed by atoms with Gasteiger partial charge in [0, 0.05) is 24.1 Å². The van der Waals surface area contributed by atoms with Gasteiger partial charge in [-0.2, -0.15) is 5.10 Å². The first-order valence-corrected chi connectivity index (χ1v) is 11.5. The molecule has 0 aliphatic heterocycles. The second-order valence-electron chi connectivity index (χ2n) is 8.32. The first-order valence-electron chi connectivity index (χ1n) is 11.5. The zero-order chi connectivity index (χ0) is 24.4. The van der Waals surface area contributed by atoms with E-state index in [2.05, 4.69) is 5.32 Å². The number of nitrogens with one attached hydrogen (secondary N) is 1. The Labute approximate surface area is 204 Å². The molecule has 1 heterocycles. The average Bonchev–Trinajstić information content (AvgIpc) is 3.45. The molecule has 1 amide bonds. The Morgan fingerprint density at radius 3 is 2.34 bits per heavy atom. The van der Waals surface area contributed by atoms with Crippen LogP contribution in [-0.2, 0) is 12.8 Å². The van der Waals surface area contributed by atoms with E-state index in [1.54, 1.807) is 21.3 Å². The summed E-state index contributed by atoms with van der Waals surface area (Å²) in [5.74, 6) is 1.94. The van der Waals surface area contributed by atoms with Gasteiger partial charge in [0.1, 0.15) is 5.75 Å². The molecule has 7 nitrogen and oxygen atoms in total. The van der Waals surface area contributed by atoms with Crippen molar-refractivity contribution in [3.8, 4) is 34.2 Å². The number of benzene rings is 3. The van der Waals surface area contributed by atoms with Gasteiger partial charge in [-0.3, -0.25) is 4.79 Å². The van der Waals surface area contributed by atoms with Gasteiger partial charge in [-0.15, -0.1) is 0 Å². The summed E-state index contributed by atoms with van der Waals surface area (Å²) in [6.45, 7) is 0.507. The molecule has 35 heavy (non-hydrogen) atoms. The van der Waals surface area contributed by atoms with E-state index in [4.69, 9.17) is 19.3 Å². The number of aromatic nitrogens is 2. The highest BCUT2D eigenvalue weighted by Gasteiger charge is 2.32. The van der Waals surface area contributed by atoms with Crippen molar-refractivity contribution in [2.75, 3.05) is 27.9 Å². The topological polar surface area (TPSA) is 74.6 Å². The number of rotatable bonds is 8. The van der Waals surface area contributed by atoms with Gasteiger partial charge >= 0.3 is 0 Å². The number of ether oxygens (including phenoxy) is 3. The summed E-state index contributed by atoms with van der Waals surface area (Å²) >= 11 is 0. The Bertz CT molecular complexity index is 1360. The zero-order valence-corrected chi connectivity index (χ0v) is 20.0. The van der Waals surface area contributed by atoms with Crippen molar-refractivity contribution in [3.63, 3.8) is 0 Å². The van der Waals surface area contributed by atoms with Crippen molar-refractivity contribution in [2.45, 2.75) is 12.8 Å². The van der Waals surface area contributed by atoms with Gasteiger partial charge in [0.05, 0.1) is 32.7 Å². The SMILES string of the molecule is COc1ccc(CCNC(=O)c2nn(-c3ccccc3)c3c2Cc2cc(OC)c(OC)cc2-3)cc1. The molecule has 1 aliphatic carbocycles. The molecule has 0 unspecified atom stereocenters. The zero-order valence-electron chi connectivity index (χ0n) is 20.0. The average molecular weight is 470 g/mol. The minimum Gasteiger partial charge on any atom is -0.497 e.